The maximum atomic E-state index is 12.5. The summed E-state index contributed by atoms with van der Waals surface area (Å²) in [6, 6.07) is 6.06. The van der Waals surface area contributed by atoms with Gasteiger partial charge in [0.1, 0.15) is 5.60 Å². The molecule has 1 N–H and O–H groups in total. The summed E-state index contributed by atoms with van der Waals surface area (Å²) in [6.45, 7) is 11.6. The van der Waals surface area contributed by atoms with Gasteiger partial charge in [0.15, 0.2) is 5.78 Å². The number of hydrogen-bond donors (Lipinski definition) is 1. The van der Waals surface area contributed by atoms with Crippen LogP contribution < -0.4 is 5.32 Å². The van der Waals surface area contributed by atoms with E-state index in [0.29, 0.717) is 6.54 Å². The highest BCUT2D eigenvalue weighted by Crippen LogP contribution is 2.15. The molecule has 0 aromatic heterocycles. The number of nitrogens with one attached hydrogen (secondary N) is 1. The van der Waals surface area contributed by atoms with E-state index in [-0.39, 0.29) is 17.9 Å². The Morgan fingerprint density at radius 2 is 1.84 bits per heavy atom. The molecule has 2 rings (SSSR count). The first-order valence-electron chi connectivity index (χ1n) is 8.96. The maximum Gasteiger partial charge on any atom is 0.407 e. The lowest BCUT2D eigenvalue weighted by Crippen LogP contribution is -2.47. The van der Waals surface area contributed by atoms with Gasteiger partial charge in [-0.3, -0.25) is 9.69 Å². The van der Waals surface area contributed by atoms with Crippen molar-refractivity contribution < 1.29 is 14.3 Å². The average molecular weight is 346 g/mol. The third-order valence-electron chi connectivity index (χ3n) is 4.36. The molecule has 0 radical (unpaired) electrons. The number of carbonyl (C=O) groups is 2. The number of Topliss-reactive ketones (excluding diaryl/α,β-unsaturated/α-hetero) is 1. The SMILES string of the molecule is Cc1ccc(C(=O)CN2CCC(NC(=O)OC(C)(C)C)CC2)c(C)c1. The number of rotatable bonds is 4. The number of hydrogen-bond acceptors (Lipinski definition) is 4. The van der Waals surface area contributed by atoms with Crippen LogP contribution in [-0.2, 0) is 4.74 Å². The molecule has 0 unspecified atom stereocenters. The van der Waals surface area contributed by atoms with Gasteiger partial charge in [-0.2, -0.15) is 0 Å². The minimum Gasteiger partial charge on any atom is -0.444 e. The quantitative estimate of drug-likeness (QED) is 0.848. The molecule has 1 aromatic carbocycles. The summed E-state index contributed by atoms with van der Waals surface area (Å²) in [7, 11) is 0. The first-order valence-corrected chi connectivity index (χ1v) is 8.96. The standard InChI is InChI=1S/C20H30N2O3/c1-14-6-7-17(15(2)12-14)18(23)13-22-10-8-16(9-11-22)21-19(24)25-20(3,4)5/h6-7,12,16H,8-11,13H2,1-5H3,(H,21,24). The highest BCUT2D eigenvalue weighted by Gasteiger charge is 2.24. The van der Waals surface area contributed by atoms with E-state index in [9.17, 15) is 9.59 Å². The number of ether oxygens (including phenoxy) is 1. The minimum absolute atomic E-state index is 0.113. The molecule has 0 saturated carbocycles. The Kier molecular flexibility index (Phi) is 6.22. The van der Waals surface area contributed by atoms with E-state index in [1.54, 1.807) is 0 Å². The van der Waals surface area contributed by atoms with Crippen LogP contribution in [0.5, 0.6) is 0 Å². The fourth-order valence-electron chi connectivity index (χ4n) is 3.12. The van der Waals surface area contributed by atoms with Crippen molar-refractivity contribution >= 4 is 11.9 Å². The molecular formula is C20H30N2O3. The van der Waals surface area contributed by atoms with Gasteiger partial charge < -0.3 is 10.1 Å². The van der Waals surface area contributed by atoms with Gasteiger partial charge in [-0.1, -0.05) is 23.8 Å². The predicted molar refractivity (Wildman–Crippen MR) is 99.1 cm³/mol. The fraction of sp³-hybridized carbons (Fsp3) is 0.600. The van der Waals surface area contributed by atoms with Crippen molar-refractivity contribution in [2.24, 2.45) is 0 Å². The number of piperidine rings is 1. The molecule has 0 spiro atoms. The Morgan fingerprint density at radius 3 is 2.40 bits per heavy atom. The summed E-state index contributed by atoms with van der Waals surface area (Å²) in [5.74, 6) is 0.163. The van der Waals surface area contributed by atoms with Crippen molar-refractivity contribution in [3.8, 4) is 0 Å². The number of benzene rings is 1. The Balaban J connectivity index is 1.80. The van der Waals surface area contributed by atoms with Crippen LogP contribution in [0.25, 0.3) is 0 Å². The summed E-state index contributed by atoms with van der Waals surface area (Å²) in [4.78, 5) is 26.5. The molecule has 1 aliphatic heterocycles. The van der Waals surface area contributed by atoms with Crippen LogP contribution in [0.1, 0.15) is 55.1 Å². The van der Waals surface area contributed by atoms with Crippen molar-refractivity contribution in [3.63, 3.8) is 0 Å². The first kappa shape index (κ1) is 19.4. The summed E-state index contributed by atoms with van der Waals surface area (Å²) < 4.78 is 5.29. The van der Waals surface area contributed by atoms with Gasteiger partial charge in [0.25, 0.3) is 0 Å². The zero-order valence-electron chi connectivity index (χ0n) is 16.0. The van der Waals surface area contributed by atoms with Gasteiger partial charge in [-0.25, -0.2) is 4.79 Å². The second kappa shape index (κ2) is 8.00. The van der Waals surface area contributed by atoms with E-state index in [4.69, 9.17) is 4.74 Å². The average Bonchev–Trinajstić information content (AvgIpc) is 2.47. The summed E-state index contributed by atoms with van der Waals surface area (Å²) in [5, 5.41) is 2.92. The van der Waals surface area contributed by atoms with E-state index in [1.807, 2.05) is 52.8 Å². The number of ketones is 1. The van der Waals surface area contributed by atoms with Crippen molar-refractivity contribution in [2.45, 2.75) is 59.1 Å². The van der Waals surface area contributed by atoms with Crippen LogP contribution in [0.15, 0.2) is 18.2 Å². The summed E-state index contributed by atoms with van der Waals surface area (Å²) >= 11 is 0. The van der Waals surface area contributed by atoms with Gasteiger partial charge in [-0.15, -0.1) is 0 Å². The number of nitrogens with zero attached hydrogens (tertiary/aromatic N) is 1. The highest BCUT2D eigenvalue weighted by molar-refractivity contribution is 5.99. The summed E-state index contributed by atoms with van der Waals surface area (Å²) in [5.41, 5.74) is 2.53. The Hall–Kier alpha value is -1.88. The lowest BCUT2D eigenvalue weighted by Gasteiger charge is -2.32. The molecule has 1 saturated heterocycles. The second-order valence-electron chi connectivity index (χ2n) is 7.94. The predicted octanol–water partition coefficient (Wildman–Crippen LogP) is 3.48. The van der Waals surface area contributed by atoms with Crippen LogP contribution in [0.2, 0.25) is 0 Å². The van der Waals surface area contributed by atoms with Gasteiger partial charge in [0.05, 0.1) is 6.54 Å². The van der Waals surface area contributed by atoms with Crippen LogP contribution in [0, 0.1) is 13.8 Å². The van der Waals surface area contributed by atoms with Crippen LogP contribution in [0.4, 0.5) is 4.79 Å². The molecule has 0 bridgehead atoms. The van der Waals surface area contributed by atoms with Crippen molar-refractivity contribution in [1.29, 1.82) is 0 Å². The highest BCUT2D eigenvalue weighted by atomic mass is 16.6. The fourth-order valence-corrected chi connectivity index (χ4v) is 3.12. The Bertz CT molecular complexity index is 626. The molecule has 1 heterocycles. The number of carbonyl (C=O) groups excluding carboxylic acids is 2. The lowest BCUT2D eigenvalue weighted by atomic mass is 10.0. The zero-order valence-corrected chi connectivity index (χ0v) is 16.0. The molecule has 25 heavy (non-hydrogen) atoms. The molecule has 0 atom stereocenters. The van der Waals surface area contributed by atoms with Crippen LogP contribution in [-0.4, -0.2) is 48.1 Å². The maximum absolute atomic E-state index is 12.5. The first-order chi connectivity index (χ1) is 11.6. The number of amides is 1. The monoisotopic (exact) mass is 346 g/mol. The Labute approximate surface area is 150 Å². The van der Waals surface area contributed by atoms with Crippen LogP contribution >= 0.6 is 0 Å². The third-order valence-corrected chi connectivity index (χ3v) is 4.36. The second-order valence-corrected chi connectivity index (χ2v) is 7.94. The van der Waals surface area contributed by atoms with Crippen molar-refractivity contribution in [2.75, 3.05) is 19.6 Å². The van der Waals surface area contributed by atoms with Gasteiger partial charge >= 0.3 is 6.09 Å². The van der Waals surface area contributed by atoms with E-state index >= 15 is 0 Å². The molecule has 1 amide bonds. The molecular weight excluding hydrogens is 316 g/mol. The van der Waals surface area contributed by atoms with Crippen molar-refractivity contribution in [1.82, 2.24) is 10.2 Å². The van der Waals surface area contributed by atoms with Crippen LogP contribution in [0.3, 0.4) is 0 Å². The van der Waals surface area contributed by atoms with E-state index in [2.05, 4.69) is 10.2 Å². The van der Waals surface area contributed by atoms with Crippen molar-refractivity contribution in [3.05, 3.63) is 34.9 Å². The van der Waals surface area contributed by atoms with E-state index < -0.39 is 5.60 Å². The Morgan fingerprint density at radius 1 is 1.20 bits per heavy atom. The van der Waals surface area contributed by atoms with Gasteiger partial charge in [0.2, 0.25) is 0 Å². The van der Waals surface area contributed by atoms with E-state index in [0.717, 1.165) is 37.1 Å². The lowest BCUT2D eigenvalue weighted by molar-refractivity contribution is 0.0476. The largest absolute Gasteiger partial charge is 0.444 e. The molecule has 5 nitrogen and oxygen atoms in total. The topological polar surface area (TPSA) is 58.6 Å². The molecule has 0 aliphatic carbocycles. The molecule has 1 aliphatic rings. The minimum atomic E-state index is -0.483. The van der Waals surface area contributed by atoms with Gasteiger partial charge in [0, 0.05) is 24.7 Å². The normalized spacial score (nSPS) is 16.5. The zero-order chi connectivity index (χ0) is 18.6. The molecule has 1 aromatic rings. The number of alkyl carbamates (subject to hydrolysis) is 1. The molecule has 138 valence electrons. The van der Waals surface area contributed by atoms with Gasteiger partial charge in [-0.05, 0) is 53.0 Å². The van der Waals surface area contributed by atoms with E-state index in [1.165, 1.54) is 5.56 Å². The summed E-state index contributed by atoms with van der Waals surface area (Å²) in [6.07, 6.45) is 1.30. The molecule has 1 fully saturated rings. The number of likely N-dealkylation sites (tertiary alicyclic amines) is 1. The number of aryl methyl sites for hydroxylation is 2. The molecule has 5 heteroatoms. The third kappa shape index (κ3) is 6.16. The smallest absolute Gasteiger partial charge is 0.407 e.